The number of para-hydroxylation sites is 1. The lowest BCUT2D eigenvalue weighted by atomic mass is 9.92. The molecular weight excluding hydrogens is 302 g/mol. The van der Waals surface area contributed by atoms with Gasteiger partial charge in [-0.05, 0) is 37.3 Å². The van der Waals surface area contributed by atoms with Crippen LogP contribution in [0.2, 0.25) is 0 Å². The maximum absolute atomic E-state index is 12.9. The van der Waals surface area contributed by atoms with Gasteiger partial charge in [0, 0.05) is 19.2 Å². The molecule has 2 aromatic rings. The van der Waals surface area contributed by atoms with Crippen LogP contribution in [0.3, 0.4) is 0 Å². The second-order valence-corrected chi connectivity index (χ2v) is 6.70. The van der Waals surface area contributed by atoms with Gasteiger partial charge in [-0.2, -0.15) is 5.10 Å². The summed E-state index contributed by atoms with van der Waals surface area (Å²) in [7, 11) is 0. The molecule has 3 rings (SSSR count). The Morgan fingerprint density at radius 1 is 1.21 bits per heavy atom. The molecule has 0 unspecified atom stereocenters. The first-order chi connectivity index (χ1) is 11.6. The highest BCUT2D eigenvalue weighted by atomic mass is 16.5. The largest absolute Gasteiger partial charge is 0.478 e. The first kappa shape index (κ1) is 16.6. The zero-order valence-electron chi connectivity index (χ0n) is 14.6. The van der Waals surface area contributed by atoms with Crippen molar-refractivity contribution in [2.45, 2.75) is 27.2 Å². The smallest absolute Gasteiger partial charge is 0.274 e. The molecule has 1 aliphatic rings. The van der Waals surface area contributed by atoms with Gasteiger partial charge in [-0.1, -0.05) is 32.0 Å². The molecule has 0 spiro atoms. The lowest BCUT2D eigenvalue weighted by Crippen LogP contribution is -2.42. The quantitative estimate of drug-likeness (QED) is 0.865. The van der Waals surface area contributed by atoms with E-state index in [4.69, 9.17) is 4.74 Å². The van der Waals surface area contributed by atoms with Gasteiger partial charge in [0.1, 0.15) is 0 Å². The minimum atomic E-state index is -0.0102. The summed E-state index contributed by atoms with van der Waals surface area (Å²) in [5.41, 5.74) is 1.34. The number of rotatable bonds is 4. The molecule has 1 amide bonds. The molecule has 0 radical (unpaired) electrons. The molecule has 0 N–H and O–H groups in total. The van der Waals surface area contributed by atoms with Crippen LogP contribution >= 0.6 is 0 Å². The maximum atomic E-state index is 12.9. The molecule has 24 heavy (non-hydrogen) atoms. The number of carbonyl (C=O) groups is 1. The molecule has 0 bridgehead atoms. The molecule has 5 heteroatoms. The Balaban J connectivity index is 1.89. The van der Waals surface area contributed by atoms with Crippen molar-refractivity contribution in [1.82, 2.24) is 14.7 Å². The van der Waals surface area contributed by atoms with E-state index in [0.29, 0.717) is 30.0 Å². The van der Waals surface area contributed by atoms with Crippen molar-refractivity contribution < 1.29 is 9.53 Å². The number of hydrogen-bond donors (Lipinski definition) is 0. The highest BCUT2D eigenvalue weighted by Gasteiger charge is 2.28. The maximum Gasteiger partial charge on any atom is 0.274 e. The Morgan fingerprint density at radius 3 is 2.50 bits per heavy atom. The predicted octanol–water partition coefficient (Wildman–Crippen LogP) is 3.39. The zero-order chi connectivity index (χ0) is 17.1. The number of nitrogens with zero attached hydrogens (tertiary/aromatic N) is 3. The van der Waals surface area contributed by atoms with Crippen molar-refractivity contribution in [3.63, 3.8) is 0 Å². The summed E-state index contributed by atoms with van der Waals surface area (Å²) in [6.07, 6.45) is 1.17. The van der Waals surface area contributed by atoms with E-state index in [9.17, 15) is 4.79 Å². The Bertz CT molecular complexity index is 686. The summed E-state index contributed by atoms with van der Waals surface area (Å²) >= 11 is 0. The van der Waals surface area contributed by atoms with E-state index >= 15 is 0 Å². The minimum Gasteiger partial charge on any atom is -0.478 e. The molecule has 2 heterocycles. The summed E-state index contributed by atoms with van der Waals surface area (Å²) in [6.45, 7) is 8.45. The molecular formula is C19H25N3O2. The normalized spacial score (nSPS) is 20.9. The molecule has 1 saturated heterocycles. The number of hydrogen-bond acceptors (Lipinski definition) is 3. The molecule has 1 aliphatic heterocycles. The van der Waals surface area contributed by atoms with Crippen LogP contribution in [0, 0.1) is 11.8 Å². The molecule has 1 aromatic heterocycles. The number of carbonyl (C=O) groups excluding carboxylic acids is 1. The number of piperidine rings is 1. The molecule has 128 valence electrons. The Hall–Kier alpha value is -2.30. The van der Waals surface area contributed by atoms with Gasteiger partial charge in [0.25, 0.3) is 5.91 Å². The van der Waals surface area contributed by atoms with Gasteiger partial charge in [-0.15, -0.1) is 0 Å². The van der Waals surface area contributed by atoms with Gasteiger partial charge >= 0.3 is 0 Å². The third kappa shape index (κ3) is 3.45. The van der Waals surface area contributed by atoms with Gasteiger partial charge in [-0.3, -0.25) is 4.79 Å². The van der Waals surface area contributed by atoms with Crippen molar-refractivity contribution in [3.05, 3.63) is 42.1 Å². The fourth-order valence-electron chi connectivity index (χ4n) is 3.46. The third-order valence-corrected chi connectivity index (χ3v) is 4.34. The van der Waals surface area contributed by atoms with Crippen LogP contribution < -0.4 is 4.74 Å². The zero-order valence-corrected chi connectivity index (χ0v) is 14.6. The lowest BCUT2D eigenvalue weighted by molar-refractivity contribution is 0.0616. The van der Waals surface area contributed by atoms with Gasteiger partial charge < -0.3 is 9.64 Å². The topological polar surface area (TPSA) is 47.4 Å². The summed E-state index contributed by atoms with van der Waals surface area (Å²) in [5.74, 6) is 1.65. The Morgan fingerprint density at radius 2 is 1.88 bits per heavy atom. The standard InChI is InChI=1S/C19H25N3O2/c1-4-24-18-11-17(20-22(18)16-8-6-5-7-9-16)19(23)21-12-14(2)10-15(3)13-21/h5-9,11,14-15H,4,10,12-13H2,1-3H3/t14-,15-/m1/s1. The van der Waals surface area contributed by atoms with Crippen molar-refractivity contribution in [2.75, 3.05) is 19.7 Å². The van der Waals surface area contributed by atoms with Crippen LogP contribution in [-0.2, 0) is 0 Å². The average Bonchev–Trinajstić information content (AvgIpc) is 2.98. The number of aromatic nitrogens is 2. The first-order valence-electron chi connectivity index (χ1n) is 8.66. The van der Waals surface area contributed by atoms with Gasteiger partial charge in [0.15, 0.2) is 5.69 Å². The Labute approximate surface area is 143 Å². The average molecular weight is 327 g/mol. The number of benzene rings is 1. The van der Waals surface area contributed by atoms with Gasteiger partial charge in [0.2, 0.25) is 5.88 Å². The summed E-state index contributed by atoms with van der Waals surface area (Å²) in [4.78, 5) is 14.8. The number of amides is 1. The molecule has 5 nitrogen and oxygen atoms in total. The van der Waals surface area contributed by atoms with E-state index in [0.717, 1.165) is 18.8 Å². The highest BCUT2D eigenvalue weighted by molar-refractivity contribution is 5.92. The summed E-state index contributed by atoms with van der Waals surface area (Å²) < 4.78 is 7.38. The molecule has 1 aromatic carbocycles. The van der Waals surface area contributed by atoms with Gasteiger partial charge in [-0.25, -0.2) is 4.68 Å². The van der Waals surface area contributed by atoms with Crippen LogP contribution in [-0.4, -0.2) is 40.3 Å². The van der Waals surface area contributed by atoms with E-state index in [1.165, 1.54) is 6.42 Å². The summed E-state index contributed by atoms with van der Waals surface area (Å²) in [5, 5.41) is 4.52. The van der Waals surface area contributed by atoms with E-state index in [1.807, 2.05) is 42.2 Å². The number of ether oxygens (including phenoxy) is 1. The van der Waals surface area contributed by atoms with Crippen LogP contribution in [0.15, 0.2) is 36.4 Å². The van der Waals surface area contributed by atoms with Crippen molar-refractivity contribution in [3.8, 4) is 11.6 Å². The molecule has 0 saturated carbocycles. The molecule has 0 aliphatic carbocycles. The van der Waals surface area contributed by atoms with Crippen molar-refractivity contribution >= 4 is 5.91 Å². The predicted molar refractivity (Wildman–Crippen MR) is 93.6 cm³/mol. The molecule has 2 atom stereocenters. The van der Waals surface area contributed by atoms with Crippen LogP contribution in [0.1, 0.15) is 37.7 Å². The van der Waals surface area contributed by atoms with Crippen LogP contribution in [0.5, 0.6) is 5.88 Å². The van der Waals surface area contributed by atoms with Crippen LogP contribution in [0.4, 0.5) is 0 Å². The first-order valence-corrected chi connectivity index (χ1v) is 8.66. The van der Waals surface area contributed by atoms with Crippen molar-refractivity contribution in [2.24, 2.45) is 11.8 Å². The number of likely N-dealkylation sites (tertiary alicyclic amines) is 1. The van der Waals surface area contributed by atoms with Gasteiger partial charge in [0.05, 0.1) is 12.3 Å². The second-order valence-electron chi connectivity index (χ2n) is 6.70. The highest BCUT2D eigenvalue weighted by Crippen LogP contribution is 2.25. The lowest BCUT2D eigenvalue weighted by Gasteiger charge is -2.34. The second kappa shape index (κ2) is 7.07. The SMILES string of the molecule is CCOc1cc(C(=O)N2C[C@H](C)C[C@@H](C)C2)nn1-c1ccccc1. The minimum absolute atomic E-state index is 0.0102. The monoisotopic (exact) mass is 327 g/mol. The van der Waals surface area contributed by atoms with E-state index in [-0.39, 0.29) is 5.91 Å². The van der Waals surface area contributed by atoms with E-state index < -0.39 is 0 Å². The van der Waals surface area contributed by atoms with E-state index in [1.54, 1.807) is 10.7 Å². The Kier molecular flexibility index (Phi) is 4.88. The van der Waals surface area contributed by atoms with E-state index in [2.05, 4.69) is 18.9 Å². The van der Waals surface area contributed by atoms with Crippen molar-refractivity contribution in [1.29, 1.82) is 0 Å². The molecule has 1 fully saturated rings. The fraction of sp³-hybridized carbons (Fsp3) is 0.474. The van der Waals surface area contributed by atoms with Crippen LogP contribution in [0.25, 0.3) is 5.69 Å². The third-order valence-electron chi connectivity index (χ3n) is 4.34. The summed E-state index contributed by atoms with van der Waals surface area (Å²) in [6, 6.07) is 11.5. The fourth-order valence-corrected chi connectivity index (χ4v) is 3.46.